The number of halogens is 1. The van der Waals surface area contributed by atoms with Crippen LogP contribution in [-0.2, 0) is 0 Å². The van der Waals surface area contributed by atoms with Crippen LogP contribution >= 0.6 is 11.6 Å². The molecule has 0 bridgehead atoms. The van der Waals surface area contributed by atoms with E-state index in [2.05, 4.69) is 22.2 Å². The van der Waals surface area contributed by atoms with Crippen LogP contribution in [0.3, 0.4) is 0 Å². The van der Waals surface area contributed by atoms with Crippen molar-refractivity contribution >= 4 is 28.3 Å². The van der Waals surface area contributed by atoms with E-state index in [0.29, 0.717) is 5.28 Å². The summed E-state index contributed by atoms with van der Waals surface area (Å²) in [6.07, 6.45) is 5.34. The summed E-state index contributed by atoms with van der Waals surface area (Å²) in [4.78, 5) is 8.61. The highest BCUT2D eigenvalue weighted by atomic mass is 35.5. The summed E-state index contributed by atoms with van der Waals surface area (Å²) in [7, 11) is 0. The van der Waals surface area contributed by atoms with Gasteiger partial charge in [0.2, 0.25) is 5.28 Å². The summed E-state index contributed by atoms with van der Waals surface area (Å²) in [5, 5.41) is 4.83. The van der Waals surface area contributed by atoms with Gasteiger partial charge in [-0.2, -0.15) is 0 Å². The second kappa shape index (κ2) is 5.96. The van der Waals surface area contributed by atoms with E-state index < -0.39 is 0 Å². The summed E-state index contributed by atoms with van der Waals surface area (Å²) in [5.41, 5.74) is 0.895. The zero-order valence-corrected chi connectivity index (χ0v) is 12.5. The van der Waals surface area contributed by atoms with Crippen molar-refractivity contribution in [1.82, 2.24) is 9.97 Å². The minimum atomic E-state index is 0.309. The lowest BCUT2D eigenvalue weighted by molar-refractivity contribution is 0.293. The molecule has 106 valence electrons. The van der Waals surface area contributed by atoms with Crippen LogP contribution in [0.25, 0.3) is 10.9 Å². The maximum absolute atomic E-state index is 6.01. The second-order valence-electron chi connectivity index (χ2n) is 5.88. The Morgan fingerprint density at radius 3 is 2.95 bits per heavy atom. The predicted octanol–water partition coefficient (Wildman–Crippen LogP) is 4.52. The molecule has 0 aliphatic heterocycles. The Hall–Kier alpha value is -1.35. The molecule has 3 rings (SSSR count). The lowest BCUT2D eigenvalue weighted by Gasteiger charge is -2.27. The van der Waals surface area contributed by atoms with Gasteiger partial charge in [0.05, 0.1) is 5.52 Å². The molecule has 0 radical (unpaired) electrons. The van der Waals surface area contributed by atoms with Crippen molar-refractivity contribution in [2.24, 2.45) is 11.8 Å². The topological polar surface area (TPSA) is 37.8 Å². The molecule has 1 heterocycles. The predicted molar refractivity (Wildman–Crippen MR) is 84.2 cm³/mol. The van der Waals surface area contributed by atoms with Crippen molar-refractivity contribution in [3.63, 3.8) is 0 Å². The molecule has 1 aromatic carbocycles. The number of para-hydroxylation sites is 1. The van der Waals surface area contributed by atoms with Gasteiger partial charge >= 0.3 is 0 Å². The normalized spacial score (nSPS) is 22.9. The number of anilines is 1. The Balaban J connectivity index is 1.77. The highest BCUT2D eigenvalue weighted by Crippen LogP contribution is 2.29. The zero-order valence-electron chi connectivity index (χ0n) is 11.8. The van der Waals surface area contributed by atoms with E-state index in [9.17, 15) is 0 Å². The van der Waals surface area contributed by atoms with Crippen LogP contribution in [-0.4, -0.2) is 16.5 Å². The van der Waals surface area contributed by atoms with Crippen molar-refractivity contribution < 1.29 is 0 Å². The molecule has 3 nitrogen and oxygen atoms in total. The van der Waals surface area contributed by atoms with Gasteiger partial charge in [0, 0.05) is 11.9 Å². The molecule has 4 heteroatoms. The first kappa shape index (κ1) is 13.6. The fourth-order valence-corrected chi connectivity index (χ4v) is 3.34. The van der Waals surface area contributed by atoms with E-state index in [1.807, 2.05) is 24.3 Å². The molecule has 1 N–H and O–H groups in total. The van der Waals surface area contributed by atoms with Crippen molar-refractivity contribution in [3.05, 3.63) is 29.5 Å². The van der Waals surface area contributed by atoms with Crippen LogP contribution in [0.2, 0.25) is 5.28 Å². The molecule has 0 saturated heterocycles. The monoisotopic (exact) mass is 289 g/mol. The maximum atomic E-state index is 6.01. The maximum Gasteiger partial charge on any atom is 0.224 e. The van der Waals surface area contributed by atoms with Gasteiger partial charge in [-0.05, 0) is 48.4 Å². The van der Waals surface area contributed by atoms with Crippen molar-refractivity contribution in [3.8, 4) is 0 Å². The fourth-order valence-electron chi connectivity index (χ4n) is 3.17. The zero-order chi connectivity index (χ0) is 13.9. The number of rotatable bonds is 3. The molecule has 2 atom stereocenters. The Morgan fingerprint density at radius 1 is 1.25 bits per heavy atom. The molecule has 1 aliphatic carbocycles. The van der Waals surface area contributed by atoms with Crippen molar-refractivity contribution in [2.45, 2.75) is 32.6 Å². The number of nitrogens with zero attached hydrogens (tertiary/aromatic N) is 2. The highest BCUT2D eigenvalue weighted by Gasteiger charge is 2.19. The van der Waals surface area contributed by atoms with Crippen LogP contribution < -0.4 is 5.32 Å². The number of hydrogen-bond donors (Lipinski definition) is 1. The average molecular weight is 290 g/mol. The van der Waals surface area contributed by atoms with Gasteiger partial charge in [-0.1, -0.05) is 31.9 Å². The molecule has 0 amide bonds. The summed E-state index contributed by atoms with van der Waals surface area (Å²) in [5.74, 6) is 2.45. The fraction of sp³-hybridized carbons (Fsp3) is 0.500. The van der Waals surface area contributed by atoms with E-state index in [1.54, 1.807) is 0 Å². The van der Waals surface area contributed by atoms with Gasteiger partial charge in [0.1, 0.15) is 5.82 Å². The Morgan fingerprint density at radius 2 is 2.10 bits per heavy atom. The number of nitrogens with one attached hydrogen (secondary N) is 1. The summed E-state index contributed by atoms with van der Waals surface area (Å²) in [6.45, 7) is 3.32. The quantitative estimate of drug-likeness (QED) is 0.844. The standard InChI is InChI=1S/C16H20ClN3/c1-11-5-4-6-12(9-11)10-18-15-13-7-2-3-8-14(13)19-16(17)20-15/h2-3,7-8,11-12H,4-6,9-10H2,1H3,(H,18,19,20). The van der Waals surface area contributed by atoms with Gasteiger partial charge in [-0.15, -0.1) is 0 Å². The van der Waals surface area contributed by atoms with Crippen LogP contribution in [0, 0.1) is 11.8 Å². The van der Waals surface area contributed by atoms with Gasteiger partial charge in [0.15, 0.2) is 0 Å². The third-order valence-electron chi connectivity index (χ3n) is 4.18. The number of aromatic nitrogens is 2. The smallest absolute Gasteiger partial charge is 0.224 e. The molecule has 0 spiro atoms. The number of benzene rings is 1. The number of fused-ring (bicyclic) bond motifs is 1. The van der Waals surface area contributed by atoms with Crippen LogP contribution in [0.1, 0.15) is 32.6 Å². The molecular formula is C16H20ClN3. The van der Waals surface area contributed by atoms with Gasteiger partial charge in [-0.3, -0.25) is 0 Å². The molecule has 1 aliphatic rings. The van der Waals surface area contributed by atoms with Crippen LogP contribution in [0.15, 0.2) is 24.3 Å². The molecule has 1 fully saturated rings. The third kappa shape index (κ3) is 3.04. The first-order valence-electron chi connectivity index (χ1n) is 7.38. The van der Waals surface area contributed by atoms with Crippen LogP contribution in [0.5, 0.6) is 0 Å². The third-order valence-corrected chi connectivity index (χ3v) is 4.35. The summed E-state index contributed by atoms with van der Waals surface area (Å²) < 4.78 is 0. The van der Waals surface area contributed by atoms with E-state index in [0.717, 1.165) is 35.1 Å². The lowest BCUT2D eigenvalue weighted by Crippen LogP contribution is -2.21. The first-order chi connectivity index (χ1) is 9.72. The Kier molecular flexibility index (Phi) is 4.06. The van der Waals surface area contributed by atoms with E-state index in [4.69, 9.17) is 11.6 Å². The molecule has 1 saturated carbocycles. The average Bonchev–Trinajstić information content (AvgIpc) is 2.44. The minimum absolute atomic E-state index is 0.309. The highest BCUT2D eigenvalue weighted by molar-refractivity contribution is 6.28. The van der Waals surface area contributed by atoms with E-state index >= 15 is 0 Å². The van der Waals surface area contributed by atoms with Gasteiger partial charge < -0.3 is 5.32 Å². The Labute approximate surface area is 124 Å². The van der Waals surface area contributed by atoms with Crippen LogP contribution in [0.4, 0.5) is 5.82 Å². The Bertz CT molecular complexity index is 599. The number of hydrogen-bond acceptors (Lipinski definition) is 3. The molecule has 1 aromatic heterocycles. The van der Waals surface area contributed by atoms with Gasteiger partial charge in [0.25, 0.3) is 0 Å². The summed E-state index contributed by atoms with van der Waals surface area (Å²) >= 11 is 6.01. The lowest BCUT2D eigenvalue weighted by atomic mass is 9.82. The van der Waals surface area contributed by atoms with E-state index in [-0.39, 0.29) is 0 Å². The molecule has 2 unspecified atom stereocenters. The molecular weight excluding hydrogens is 270 g/mol. The SMILES string of the molecule is CC1CCCC(CNc2nc(Cl)nc3ccccc23)C1. The minimum Gasteiger partial charge on any atom is -0.369 e. The largest absolute Gasteiger partial charge is 0.369 e. The summed E-state index contributed by atoms with van der Waals surface area (Å²) in [6, 6.07) is 7.99. The first-order valence-corrected chi connectivity index (χ1v) is 7.76. The second-order valence-corrected chi connectivity index (χ2v) is 6.22. The van der Waals surface area contributed by atoms with Crippen molar-refractivity contribution in [2.75, 3.05) is 11.9 Å². The van der Waals surface area contributed by atoms with Crippen molar-refractivity contribution in [1.29, 1.82) is 0 Å². The molecule has 2 aromatic rings. The van der Waals surface area contributed by atoms with E-state index in [1.165, 1.54) is 25.7 Å². The molecule has 20 heavy (non-hydrogen) atoms. The van der Waals surface area contributed by atoms with Gasteiger partial charge in [-0.25, -0.2) is 9.97 Å².